The number of pyridine rings is 1. The van der Waals surface area contributed by atoms with Crippen molar-refractivity contribution in [1.29, 1.82) is 0 Å². The lowest BCUT2D eigenvalue weighted by Gasteiger charge is -2.18. The maximum absolute atomic E-state index is 12.3. The summed E-state index contributed by atoms with van der Waals surface area (Å²) in [5.41, 5.74) is 1.83. The first kappa shape index (κ1) is 16.1. The molecule has 1 aromatic carbocycles. The van der Waals surface area contributed by atoms with Gasteiger partial charge in [-0.15, -0.1) is 0 Å². The van der Waals surface area contributed by atoms with Crippen molar-refractivity contribution < 1.29 is 14.3 Å². The largest absolute Gasteiger partial charge is 0.497 e. The zero-order valence-corrected chi connectivity index (χ0v) is 13.9. The number of hydrogen-bond acceptors (Lipinski definition) is 4. The highest BCUT2D eigenvalue weighted by Crippen LogP contribution is 2.19. The molecular formula is C18H21N3O3. The summed E-state index contributed by atoms with van der Waals surface area (Å²) >= 11 is 0. The monoisotopic (exact) mass is 327 g/mol. The standard InChI is InChI=1S/C18H21N3O3/c1-13-3-8-17(19-11-13)24-16-9-10-21(12-16)18(22)20-14-4-6-15(23-2)7-5-14/h3-8,11,16H,9-10,12H2,1-2H3,(H,20,22). The van der Waals surface area contributed by atoms with Crippen LogP contribution in [0.5, 0.6) is 11.6 Å². The van der Waals surface area contributed by atoms with E-state index in [2.05, 4.69) is 10.3 Å². The topological polar surface area (TPSA) is 63.7 Å². The minimum atomic E-state index is -0.122. The van der Waals surface area contributed by atoms with Gasteiger partial charge in [0.15, 0.2) is 0 Å². The number of hydrogen-bond donors (Lipinski definition) is 1. The van der Waals surface area contributed by atoms with E-state index in [0.29, 0.717) is 19.0 Å². The van der Waals surface area contributed by atoms with Crippen molar-refractivity contribution in [2.24, 2.45) is 0 Å². The predicted octanol–water partition coefficient (Wildman–Crippen LogP) is 3.08. The minimum absolute atomic E-state index is 0.0261. The normalized spacial score (nSPS) is 16.8. The van der Waals surface area contributed by atoms with E-state index < -0.39 is 0 Å². The molecule has 0 radical (unpaired) electrons. The molecule has 0 aliphatic carbocycles. The van der Waals surface area contributed by atoms with E-state index in [1.54, 1.807) is 18.2 Å². The zero-order chi connectivity index (χ0) is 16.9. The summed E-state index contributed by atoms with van der Waals surface area (Å²) in [6, 6.07) is 11.0. The first-order chi connectivity index (χ1) is 11.6. The molecule has 6 heteroatoms. The van der Waals surface area contributed by atoms with Gasteiger partial charge in [-0.3, -0.25) is 0 Å². The number of carbonyl (C=O) groups excluding carboxylic acids is 1. The predicted molar refractivity (Wildman–Crippen MR) is 91.6 cm³/mol. The fourth-order valence-electron chi connectivity index (χ4n) is 2.58. The van der Waals surface area contributed by atoms with Gasteiger partial charge in [-0.05, 0) is 36.8 Å². The Morgan fingerprint density at radius 2 is 2.04 bits per heavy atom. The third-order valence-electron chi connectivity index (χ3n) is 3.95. The number of methoxy groups -OCH3 is 1. The summed E-state index contributed by atoms with van der Waals surface area (Å²) < 4.78 is 10.9. The molecular weight excluding hydrogens is 306 g/mol. The van der Waals surface area contributed by atoms with Crippen molar-refractivity contribution in [3.05, 3.63) is 48.2 Å². The van der Waals surface area contributed by atoms with Crippen LogP contribution >= 0.6 is 0 Å². The lowest BCUT2D eigenvalue weighted by molar-refractivity contribution is 0.190. The van der Waals surface area contributed by atoms with Crippen LogP contribution in [0, 0.1) is 6.92 Å². The third-order valence-corrected chi connectivity index (χ3v) is 3.95. The number of nitrogens with one attached hydrogen (secondary N) is 1. The maximum atomic E-state index is 12.3. The fraction of sp³-hybridized carbons (Fsp3) is 0.333. The van der Waals surface area contributed by atoms with Crippen molar-refractivity contribution in [1.82, 2.24) is 9.88 Å². The summed E-state index contributed by atoms with van der Waals surface area (Å²) in [6.45, 7) is 3.20. The fourth-order valence-corrected chi connectivity index (χ4v) is 2.58. The highest BCUT2D eigenvalue weighted by Gasteiger charge is 2.27. The van der Waals surface area contributed by atoms with Crippen molar-refractivity contribution in [2.45, 2.75) is 19.4 Å². The van der Waals surface area contributed by atoms with E-state index in [0.717, 1.165) is 23.4 Å². The first-order valence-corrected chi connectivity index (χ1v) is 7.93. The highest BCUT2D eigenvalue weighted by molar-refractivity contribution is 5.89. The lowest BCUT2D eigenvalue weighted by Crippen LogP contribution is -2.34. The molecule has 126 valence electrons. The van der Waals surface area contributed by atoms with Crippen LogP contribution in [0.2, 0.25) is 0 Å². The molecule has 1 saturated heterocycles. The van der Waals surface area contributed by atoms with E-state index in [1.807, 2.05) is 43.3 Å². The van der Waals surface area contributed by atoms with Gasteiger partial charge >= 0.3 is 6.03 Å². The Labute approximate surface area is 141 Å². The van der Waals surface area contributed by atoms with Crippen LogP contribution in [0.1, 0.15) is 12.0 Å². The minimum Gasteiger partial charge on any atom is -0.497 e. The Balaban J connectivity index is 1.52. The second-order valence-corrected chi connectivity index (χ2v) is 5.81. The van der Waals surface area contributed by atoms with Crippen LogP contribution in [-0.2, 0) is 0 Å². The van der Waals surface area contributed by atoms with Gasteiger partial charge in [0.2, 0.25) is 5.88 Å². The zero-order valence-electron chi connectivity index (χ0n) is 13.9. The van der Waals surface area contributed by atoms with E-state index in [-0.39, 0.29) is 12.1 Å². The number of likely N-dealkylation sites (tertiary alicyclic amines) is 1. The number of aromatic nitrogens is 1. The molecule has 2 amide bonds. The molecule has 1 aliphatic heterocycles. The van der Waals surface area contributed by atoms with Gasteiger partial charge in [-0.25, -0.2) is 9.78 Å². The average molecular weight is 327 g/mol. The molecule has 1 N–H and O–H groups in total. The second-order valence-electron chi connectivity index (χ2n) is 5.81. The van der Waals surface area contributed by atoms with Gasteiger partial charge in [0, 0.05) is 30.9 Å². The summed E-state index contributed by atoms with van der Waals surface area (Å²) in [6.07, 6.45) is 2.55. The number of aryl methyl sites for hydroxylation is 1. The summed E-state index contributed by atoms with van der Waals surface area (Å²) in [7, 11) is 1.61. The van der Waals surface area contributed by atoms with Gasteiger partial charge in [0.1, 0.15) is 11.9 Å². The molecule has 1 unspecified atom stereocenters. The second kappa shape index (κ2) is 7.21. The number of nitrogens with zero attached hydrogens (tertiary/aromatic N) is 2. The van der Waals surface area contributed by atoms with Crippen LogP contribution in [0.25, 0.3) is 0 Å². The molecule has 0 spiro atoms. The number of rotatable bonds is 4. The molecule has 6 nitrogen and oxygen atoms in total. The van der Waals surface area contributed by atoms with Crippen LogP contribution in [0.3, 0.4) is 0 Å². The van der Waals surface area contributed by atoms with Gasteiger partial charge in [0.05, 0.1) is 13.7 Å². The Morgan fingerprint density at radius 1 is 1.25 bits per heavy atom. The van der Waals surface area contributed by atoms with Gasteiger partial charge in [0.25, 0.3) is 0 Å². The van der Waals surface area contributed by atoms with Crippen molar-refractivity contribution in [2.75, 3.05) is 25.5 Å². The number of anilines is 1. The Morgan fingerprint density at radius 3 is 2.71 bits per heavy atom. The van der Waals surface area contributed by atoms with Gasteiger partial charge < -0.3 is 19.7 Å². The smallest absolute Gasteiger partial charge is 0.321 e. The molecule has 1 aliphatic rings. The molecule has 1 fully saturated rings. The van der Waals surface area contributed by atoms with Gasteiger partial charge in [-0.2, -0.15) is 0 Å². The lowest BCUT2D eigenvalue weighted by atomic mass is 10.3. The quantitative estimate of drug-likeness (QED) is 0.937. The molecule has 2 aromatic rings. The number of carbonyl (C=O) groups is 1. The molecule has 3 rings (SSSR count). The van der Waals surface area contributed by atoms with Crippen molar-refractivity contribution in [3.63, 3.8) is 0 Å². The highest BCUT2D eigenvalue weighted by atomic mass is 16.5. The number of urea groups is 1. The van der Waals surface area contributed by atoms with Gasteiger partial charge in [-0.1, -0.05) is 6.07 Å². The van der Waals surface area contributed by atoms with E-state index in [4.69, 9.17) is 9.47 Å². The van der Waals surface area contributed by atoms with Crippen LogP contribution < -0.4 is 14.8 Å². The molecule has 1 atom stereocenters. The van der Waals surface area contributed by atoms with E-state index in [1.165, 1.54) is 0 Å². The van der Waals surface area contributed by atoms with Crippen molar-refractivity contribution in [3.8, 4) is 11.6 Å². The first-order valence-electron chi connectivity index (χ1n) is 7.93. The SMILES string of the molecule is COc1ccc(NC(=O)N2CCC(Oc3ccc(C)cn3)C2)cc1. The molecule has 1 aromatic heterocycles. The third kappa shape index (κ3) is 3.95. The Bertz CT molecular complexity index is 686. The molecule has 24 heavy (non-hydrogen) atoms. The summed E-state index contributed by atoms with van der Waals surface area (Å²) in [5.74, 6) is 1.36. The summed E-state index contributed by atoms with van der Waals surface area (Å²) in [4.78, 5) is 18.3. The summed E-state index contributed by atoms with van der Waals surface area (Å²) in [5, 5.41) is 2.89. The Hall–Kier alpha value is -2.76. The van der Waals surface area contributed by atoms with Crippen LogP contribution in [0.15, 0.2) is 42.6 Å². The molecule has 0 saturated carbocycles. The number of ether oxygens (including phenoxy) is 2. The van der Waals surface area contributed by atoms with E-state index >= 15 is 0 Å². The average Bonchev–Trinajstić information content (AvgIpc) is 3.06. The number of amides is 2. The molecule has 2 heterocycles. The Kier molecular flexibility index (Phi) is 4.84. The van der Waals surface area contributed by atoms with Crippen LogP contribution in [-0.4, -0.2) is 42.2 Å². The van der Waals surface area contributed by atoms with E-state index in [9.17, 15) is 4.79 Å². The maximum Gasteiger partial charge on any atom is 0.321 e. The molecule has 0 bridgehead atoms. The van der Waals surface area contributed by atoms with Crippen LogP contribution in [0.4, 0.5) is 10.5 Å². The van der Waals surface area contributed by atoms with Crippen molar-refractivity contribution >= 4 is 11.7 Å². The number of benzene rings is 1.